The van der Waals surface area contributed by atoms with Gasteiger partial charge in [0, 0.05) is 14.1 Å². The Bertz CT molecular complexity index is 1490. The zero-order valence-corrected chi connectivity index (χ0v) is 21.9. The highest BCUT2D eigenvalue weighted by Gasteiger charge is 2.45. The molecule has 3 aromatic heterocycles. The Balaban J connectivity index is 0.000000165. The van der Waals surface area contributed by atoms with Gasteiger partial charge in [-0.15, -0.1) is 0 Å². The van der Waals surface area contributed by atoms with Crippen molar-refractivity contribution < 1.29 is 44.9 Å². The minimum Gasteiger partial charge on any atom is -0.394 e. The van der Waals surface area contributed by atoms with Crippen LogP contribution < -0.4 is 16.6 Å². The molecule has 3 aromatic rings. The van der Waals surface area contributed by atoms with Gasteiger partial charge in [-0.25, -0.2) is 9.97 Å². The molecule has 8 atom stereocenters. The summed E-state index contributed by atoms with van der Waals surface area (Å²) in [5.74, 6) is 0.188. The van der Waals surface area contributed by atoms with Crippen molar-refractivity contribution in [3.05, 3.63) is 28.7 Å². The molecule has 3 aliphatic heterocycles. The lowest BCUT2D eigenvalue weighted by Gasteiger charge is -2.26. The van der Waals surface area contributed by atoms with Gasteiger partial charge < -0.3 is 56.1 Å². The van der Waals surface area contributed by atoms with Gasteiger partial charge in [-0.2, -0.15) is 4.98 Å². The van der Waals surface area contributed by atoms with Crippen molar-refractivity contribution in [1.29, 1.82) is 0 Å². The van der Waals surface area contributed by atoms with Crippen LogP contribution in [-0.4, -0.2) is 134 Å². The Morgan fingerprint density at radius 1 is 0.927 bits per heavy atom. The van der Waals surface area contributed by atoms with Crippen molar-refractivity contribution in [3.8, 4) is 0 Å². The van der Waals surface area contributed by atoms with Gasteiger partial charge in [0.2, 0.25) is 5.95 Å². The molecule has 1 amide bonds. The van der Waals surface area contributed by atoms with Crippen LogP contribution in [0, 0.1) is 0 Å². The number of fused-ring (bicyclic) bond motifs is 2. The lowest BCUT2D eigenvalue weighted by Crippen LogP contribution is -2.38. The van der Waals surface area contributed by atoms with Crippen LogP contribution >= 0.6 is 0 Å². The number of aliphatic hydroxyl groups is 6. The van der Waals surface area contributed by atoms with Crippen LogP contribution in [0.5, 0.6) is 0 Å². The number of nitrogens with zero attached hydrogens (tertiary/aromatic N) is 7. The molecule has 6 rings (SSSR count). The van der Waals surface area contributed by atoms with Crippen LogP contribution in [0.1, 0.15) is 22.9 Å². The van der Waals surface area contributed by atoms with Crippen molar-refractivity contribution in [3.63, 3.8) is 0 Å². The molecule has 2 saturated heterocycles. The average Bonchev–Trinajstić information content (AvgIpc) is 3.71. The molecule has 2 fully saturated rings. The molecule has 0 aromatic carbocycles. The molecule has 0 aliphatic carbocycles. The molecule has 19 nitrogen and oxygen atoms in total. The topological polar surface area (TPSA) is 269 Å². The number of ether oxygens (including phenoxy) is 2. The van der Waals surface area contributed by atoms with Gasteiger partial charge in [0.05, 0.1) is 32.5 Å². The summed E-state index contributed by atoms with van der Waals surface area (Å²) < 4.78 is 14.7. The number of hydrogen-bond acceptors (Lipinski definition) is 15. The van der Waals surface area contributed by atoms with Crippen LogP contribution in [0.25, 0.3) is 11.2 Å². The van der Waals surface area contributed by atoms with Crippen molar-refractivity contribution in [2.24, 2.45) is 7.05 Å². The van der Waals surface area contributed by atoms with Crippen LogP contribution in [0.4, 0.5) is 11.8 Å². The van der Waals surface area contributed by atoms with E-state index in [-0.39, 0.29) is 28.7 Å². The Morgan fingerprint density at radius 2 is 1.49 bits per heavy atom. The van der Waals surface area contributed by atoms with Crippen molar-refractivity contribution >= 4 is 28.8 Å². The molecule has 0 spiro atoms. The first kappa shape index (κ1) is 28.8. The first-order valence-corrected chi connectivity index (χ1v) is 12.5. The van der Waals surface area contributed by atoms with E-state index in [0.29, 0.717) is 12.5 Å². The van der Waals surface area contributed by atoms with E-state index in [1.54, 1.807) is 7.05 Å². The van der Waals surface area contributed by atoms with Gasteiger partial charge in [-0.05, 0) is 0 Å². The van der Waals surface area contributed by atoms with E-state index in [0.717, 1.165) is 4.57 Å². The predicted octanol–water partition coefficient (Wildman–Crippen LogP) is -4.73. The molecule has 0 radical (unpaired) electrons. The first-order valence-electron chi connectivity index (χ1n) is 12.5. The molecular weight excluding hydrogens is 550 g/mol. The van der Waals surface area contributed by atoms with Gasteiger partial charge in [-0.3, -0.25) is 23.3 Å². The van der Waals surface area contributed by atoms with Crippen molar-refractivity contribution in [2.75, 3.05) is 38.0 Å². The summed E-state index contributed by atoms with van der Waals surface area (Å²) in [5, 5.41) is 60.7. The number of carbonyl (C=O) groups excluding carboxylic acids is 1. The minimum absolute atomic E-state index is 0.0130. The third-order valence-electron chi connectivity index (χ3n) is 7.25. The van der Waals surface area contributed by atoms with E-state index >= 15 is 0 Å². The van der Waals surface area contributed by atoms with Crippen LogP contribution in [-0.2, 0) is 16.5 Å². The van der Waals surface area contributed by atoms with E-state index in [1.807, 2.05) is 0 Å². The zero-order valence-electron chi connectivity index (χ0n) is 21.9. The second kappa shape index (κ2) is 10.9. The molecule has 3 aliphatic rings. The third kappa shape index (κ3) is 4.71. The van der Waals surface area contributed by atoms with Crippen molar-refractivity contribution in [2.45, 2.75) is 49.1 Å². The fourth-order valence-corrected chi connectivity index (χ4v) is 4.80. The molecule has 6 heterocycles. The standard InChI is InChI=1S/C11H15N5O5.C11H16N4O5/c1-15-9(20)5-8(14-11(15)12)16(3-13-5)10-7(19)6(18)4(2-17)21-10;1-14-3-13-9-6(10(14)19)12-4-15(9)11-8(18)7(17)5(2-16)20-11/h3-4,6-7,10,17-19H,2H2,1H3,(H2,12,14);4-5,7-8,11,13,16-18H,2-3H2,1H3/t4-,6-,7-,10-;5-,7-,8-,11-/m11/s1. The van der Waals surface area contributed by atoms with Gasteiger partial charge in [0.25, 0.3) is 11.5 Å². The number of rotatable bonds is 4. The molecule has 0 unspecified atom stereocenters. The molecule has 19 heteroatoms. The predicted molar refractivity (Wildman–Crippen MR) is 136 cm³/mol. The highest BCUT2D eigenvalue weighted by atomic mass is 16.6. The number of aromatic nitrogens is 6. The molecule has 224 valence electrons. The summed E-state index contributed by atoms with van der Waals surface area (Å²) in [5.41, 5.74) is 5.67. The Hall–Kier alpha value is -3.69. The molecule has 9 N–H and O–H groups in total. The van der Waals surface area contributed by atoms with Gasteiger partial charge in [0.15, 0.2) is 29.3 Å². The van der Waals surface area contributed by atoms with Gasteiger partial charge in [-0.1, -0.05) is 0 Å². The number of carbonyl (C=O) groups is 1. The third-order valence-corrected chi connectivity index (χ3v) is 7.25. The van der Waals surface area contributed by atoms with E-state index in [4.69, 9.17) is 25.4 Å². The SMILES string of the molecule is CN1CNc2c(ncn2[C@@H]2O[C@H](CO)[C@@H](O)[C@H]2O)C1=O.Cn1c(N)nc2c(ncn2[C@@H]2O[C@H](CO)[C@@H](O)[C@H]2O)c1=O. The molecule has 41 heavy (non-hydrogen) atoms. The number of nitrogen functional groups attached to an aromatic ring is 1. The largest absolute Gasteiger partial charge is 0.394 e. The van der Waals surface area contributed by atoms with E-state index in [2.05, 4.69) is 20.3 Å². The summed E-state index contributed by atoms with van der Waals surface area (Å²) in [7, 11) is 3.11. The second-order valence-electron chi connectivity index (χ2n) is 9.80. The smallest absolute Gasteiger partial charge is 0.282 e. The van der Waals surface area contributed by atoms with E-state index in [9.17, 15) is 30.0 Å². The zero-order chi connectivity index (χ0) is 29.7. The second-order valence-corrected chi connectivity index (χ2v) is 9.80. The number of nitrogens with two attached hydrogens (primary N) is 1. The summed E-state index contributed by atoms with van der Waals surface area (Å²) in [6, 6.07) is 0. The van der Waals surface area contributed by atoms with Crippen LogP contribution in [0.3, 0.4) is 0 Å². The number of nitrogens with one attached hydrogen (secondary N) is 1. The maximum absolute atomic E-state index is 12.0. The fraction of sp³-hybridized carbons (Fsp3) is 0.591. The number of hydrogen-bond donors (Lipinski definition) is 8. The maximum atomic E-state index is 12.0. The average molecular weight is 582 g/mol. The number of imidazole rings is 2. The number of anilines is 2. The Kier molecular flexibility index (Phi) is 7.70. The summed E-state index contributed by atoms with van der Waals surface area (Å²) in [4.78, 5) is 37.4. The summed E-state index contributed by atoms with van der Waals surface area (Å²) in [6.07, 6.45) is -5.99. The minimum atomic E-state index is -1.29. The highest BCUT2D eigenvalue weighted by molar-refractivity contribution is 5.98. The molecule has 0 saturated carbocycles. The number of aliphatic hydroxyl groups excluding tert-OH is 6. The van der Waals surface area contributed by atoms with Crippen LogP contribution in [0.15, 0.2) is 17.4 Å². The van der Waals surface area contributed by atoms with Crippen LogP contribution in [0.2, 0.25) is 0 Å². The summed E-state index contributed by atoms with van der Waals surface area (Å²) in [6.45, 7) is -0.536. The lowest BCUT2D eigenvalue weighted by atomic mass is 10.1. The Morgan fingerprint density at radius 3 is 2.05 bits per heavy atom. The lowest BCUT2D eigenvalue weighted by molar-refractivity contribution is -0.0519. The first-order chi connectivity index (χ1) is 19.5. The van der Waals surface area contributed by atoms with Gasteiger partial charge in [0.1, 0.15) is 42.4 Å². The normalized spacial score (nSPS) is 31.2. The van der Waals surface area contributed by atoms with Gasteiger partial charge >= 0.3 is 0 Å². The number of amides is 1. The van der Waals surface area contributed by atoms with E-state index < -0.39 is 67.9 Å². The maximum Gasteiger partial charge on any atom is 0.282 e. The molecular formula is C22H31N9O10. The molecule has 0 bridgehead atoms. The highest BCUT2D eigenvalue weighted by Crippen LogP contribution is 2.34. The van der Waals surface area contributed by atoms with Crippen molar-refractivity contribution in [1.82, 2.24) is 33.6 Å². The fourth-order valence-electron chi connectivity index (χ4n) is 4.80. The Labute approximate surface area is 230 Å². The quantitative estimate of drug-likeness (QED) is 0.144. The van der Waals surface area contributed by atoms with E-state index in [1.165, 1.54) is 33.7 Å². The monoisotopic (exact) mass is 581 g/mol. The summed E-state index contributed by atoms with van der Waals surface area (Å²) >= 11 is 0.